The second-order valence-electron chi connectivity index (χ2n) is 2.17. The van der Waals surface area contributed by atoms with Crippen LogP contribution in [0, 0.1) is 0 Å². The van der Waals surface area contributed by atoms with E-state index in [-0.39, 0.29) is 0 Å². The summed E-state index contributed by atoms with van der Waals surface area (Å²) in [5, 5.41) is 0.494. The second-order valence-corrected chi connectivity index (χ2v) is 2.55. The fourth-order valence-electron chi connectivity index (χ4n) is 0.668. The van der Waals surface area contributed by atoms with Crippen molar-refractivity contribution in [2.45, 2.75) is 13.3 Å². The van der Waals surface area contributed by atoms with E-state index < -0.39 is 0 Å². The molecular formula is C8H10ClNO. The van der Waals surface area contributed by atoms with Gasteiger partial charge in [0.05, 0.1) is 12.8 Å². The average Bonchev–Trinajstić information content (AvgIpc) is 2.04. The number of pyridine rings is 1. The van der Waals surface area contributed by atoms with Gasteiger partial charge in [0.1, 0.15) is 10.9 Å². The molecule has 60 valence electrons. The van der Waals surface area contributed by atoms with Gasteiger partial charge in [-0.25, -0.2) is 4.98 Å². The predicted molar refractivity (Wildman–Crippen MR) is 45.0 cm³/mol. The van der Waals surface area contributed by atoms with Gasteiger partial charge in [0.25, 0.3) is 0 Å². The molecule has 0 fully saturated rings. The fourth-order valence-corrected chi connectivity index (χ4v) is 0.779. The molecule has 0 unspecified atom stereocenters. The lowest BCUT2D eigenvalue weighted by Gasteiger charge is -2.02. The first kappa shape index (κ1) is 8.34. The number of ether oxygens (including phenoxy) is 1. The molecule has 3 heteroatoms. The number of aromatic nitrogens is 1. The zero-order valence-corrected chi connectivity index (χ0v) is 7.14. The van der Waals surface area contributed by atoms with Crippen LogP contribution in [0.3, 0.4) is 0 Å². The Morgan fingerprint density at radius 1 is 1.55 bits per heavy atom. The summed E-state index contributed by atoms with van der Waals surface area (Å²) in [5.74, 6) is 0.774. The summed E-state index contributed by atoms with van der Waals surface area (Å²) in [6.45, 7) is 2.78. The number of nitrogens with zero attached hydrogens (tertiary/aromatic N) is 1. The smallest absolute Gasteiger partial charge is 0.137 e. The molecule has 1 aromatic heterocycles. The number of hydrogen-bond donors (Lipinski definition) is 0. The molecule has 1 aromatic rings. The van der Waals surface area contributed by atoms with E-state index >= 15 is 0 Å². The predicted octanol–water partition coefficient (Wildman–Crippen LogP) is 2.52. The summed E-state index contributed by atoms with van der Waals surface area (Å²) in [6.07, 6.45) is 2.63. The Morgan fingerprint density at radius 3 is 2.91 bits per heavy atom. The normalized spacial score (nSPS) is 9.64. The van der Waals surface area contributed by atoms with Gasteiger partial charge < -0.3 is 4.74 Å². The third kappa shape index (κ3) is 2.76. The van der Waals surface area contributed by atoms with Crippen molar-refractivity contribution < 1.29 is 4.74 Å². The van der Waals surface area contributed by atoms with Crippen molar-refractivity contribution in [1.29, 1.82) is 0 Å². The first-order valence-corrected chi connectivity index (χ1v) is 3.95. The Bertz CT molecular complexity index is 210. The maximum Gasteiger partial charge on any atom is 0.137 e. The van der Waals surface area contributed by atoms with Gasteiger partial charge in [0, 0.05) is 0 Å². The molecule has 0 saturated carbocycles. The van der Waals surface area contributed by atoms with Crippen LogP contribution in [0.25, 0.3) is 0 Å². The first-order valence-electron chi connectivity index (χ1n) is 3.57. The van der Waals surface area contributed by atoms with Crippen molar-refractivity contribution in [3.8, 4) is 5.75 Å². The van der Waals surface area contributed by atoms with Crippen molar-refractivity contribution >= 4 is 11.6 Å². The highest BCUT2D eigenvalue weighted by molar-refractivity contribution is 6.29. The van der Waals surface area contributed by atoms with Gasteiger partial charge in [-0.1, -0.05) is 18.5 Å². The van der Waals surface area contributed by atoms with Crippen LogP contribution in [0.1, 0.15) is 13.3 Å². The van der Waals surface area contributed by atoms with Crippen LogP contribution in [0.2, 0.25) is 5.15 Å². The highest BCUT2D eigenvalue weighted by atomic mass is 35.5. The third-order valence-electron chi connectivity index (χ3n) is 1.17. The molecule has 2 nitrogen and oxygen atoms in total. The summed E-state index contributed by atoms with van der Waals surface area (Å²) in [5.41, 5.74) is 0. The van der Waals surface area contributed by atoms with E-state index in [0.717, 1.165) is 18.8 Å². The molecule has 11 heavy (non-hydrogen) atoms. The summed E-state index contributed by atoms with van der Waals surface area (Å²) in [7, 11) is 0. The standard InChI is InChI=1S/C8H10ClNO/c1-2-5-11-7-3-4-8(9)10-6-7/h3-4,6H,2,5H2,1H3. The van der Waals surface area contributed by atoms with Crippen LogP contribution < -0.4 is 4.74 Å². The molecule has 1 heterocycles. The van der Waals surface area contributed by atoms with Crippen LogP contribution in [0.15, 0.2) is 18.3 Å². The van der Waals surface area contributed by atoms with E-state index in [1.807, 2.05) is 6.07 Å². The quantitative estimate of drug-likeness (QED) is 0.652. The highest BCUT2D eigenvalue weighted by Gasteiger charge is 1.92. The number of hydrogen-bond acceptors (Lipinski definition) is 2. The van der Waals surface area contributed by atoms with Crippen LogP contribution >= 0.6 is 11.6 Å². The van der Waals surface area contributed by atoms with E-state index in [1.54, 1.807) is 12.3 Å². The molecular weight excluding hydrogens is 162 g/mol. The maximum absolute atomic E-state index is 5.58. The number of rotatable bonds is 3. The molecule has 0 bridgehead atoms. The minimum Gasteiger partial charge on any atom is -0.492 e. The Kier molecular flexibility index (Phi) is 3.17. The minimum atomic E-state index is 0.494. The summed E-state index contributed by atoms with van der Waals surface area (Å²) >= 11 is 5.58. The Morgan fingerprint density at radius 2 is 2.36 bits per heavy atom. The van der Waals surface area contributed by atoms with Gasteiger partial charge in [-0.15, -0.1) is 0 Å². The summed E-state index contributed by atoms with van der Waals surface area (Å²) in [6, 6.07) is 3.53. The second kappa shape index (κ2) is 4.19. The summed E-state index contributed by atoms with van der Waals surface area (Å²) in [4.78, 5) is 3.87. The van der Waals surface area contributed by atoms with Gasteiger partial charge in [0.15, 0.2) is 0 Å². The van der Waals surface area contributed by atoms with Crippen LogP contribution in [-0.2, 0) is 0 Å². The molecule has 0 radical (unpaired) electrons. The van der Waals surface area contributed by atoms with Crippen LogP contribution in [0.5, 0.6) is 5.75 Å². The molecule has 0 aliphatic heterocycles. The van der Waals surface area contributed by atoms with E-state index in [4.69, 9.17) is 16.3 Å². The molecule has 0 aliphatic carbocycles. The lowest BCUT2D eigenvalue weighted by atomic mass is 10.4. The molecule has 1 rings (SSSR count). The Labute approximate surface area is 71.2 Å². The molecule has 0 aromatic carbocycles. The molecule has 0 aliphatic rings. The Hall–Kier alpha value is -0.760. The van der Waals surface area contributed by atoms with Crippen LogP contribution in [0.4, 0.5) is 0 Å². The van der Waals surface area contributed by atoms with Gasteiger partial charge in [-0.05, 0) is 18.6 Å². The van der Waals surface area contributed by atoms with Crippen molar-refractivity contribution in [2.24, 2.45) is 0 Å². The zero-order valence-electron chi connectivity index (χ0n) is 6.38. The maximum atomic E-state index is 5.58. The molecule has 0 amide bonds. The minimum absolute atomic E-state index is 0.494. The van der Waals surface area contributed by atoms with Crippen molar-refractivity contribution in [3.05, 3.63) is 23.5 Å². The Balaban J connectivity index is 2.52. The van der Waals surface area contributed by atoms with Gasteiger partial charge in [0.2, 0.25) is 0 Å². The van der Waals surface area contributed by atoms with E-state index in [2.05, 4.69) is 11.9 Å². The fraction of sp³-hybridized carbons (Fsp3) is 0.375. The van der Waals surface area contributed by atoms with E-state index in [9.17, 15) is 0 Å². The highest BCUT2D eigenvalue weighted by Crippen LogP contribution is 2.11. The van der Waals surface area contributed by atoms with Crippen molar-refractivity contribution in [1.82, 2.24) is 4.98 Å². The summed E-state index contributed by atoms with van der Waals surface area (Å²) < 4.78 is 5.29. The first-order chi connectivity index (χ1) is 5.33. The van der Waals surface area contributed by atoms with Gasteiger partial charge in [-0.2, -0.15) is 0 Å². The van der Waals surface area contributed by atoms with E-state index in [1.165, 1.54) is 0 Å². The topological polar surface area (TPSA) is 22.1 Å². The molecule has 0 N–H and O–H groups in total. The zero-order chi connectivity index (χ0) is 8.10. The molecule has 0 spiro atoms. The third-order valence-corrected chi connectivity index (χ3v) is 1.40. The SMILES string of the molecule is CCCOc1ccc(Cl)nc1. The van der Waals surface area contributed by atoms with Gasteiger partial charge >= 0.3 is 0 Å². The van der Waals surface area contributed by atoms with E-state index in [0.29, 0.717) is 5.15 Å². The molecule has 0 atom stereocenters. The monoisotopic (exact) mass is 171 g/mol. The average molecular weight is 172 g/mol. The van der Waals surface area contributed by atoms with Crippen molar-refractivity contribution in [2.75, 3.05) is 6.61 Å². The lowest BCUT2D eigenvalue weighted by molar-refractivity contribution is 0.316. The van der Waals surface area contributed by atoms with Crippen molar-refractivity contribution in [3.63, 3.8) is 0 Å². The largest absolute Gasteiger partial charge is 0.492 e. The molecule has 0 saturated heterocycles. The van der Waals surface area contributed by atoms with Crippen LogP contribution in [-0.4, -0.2) is 11.6 Å². The van der Waals surface area contributed by atoms with Gasteiger partial charge in [-0.3, -0.25) is 0 Å². The lowest BCUT2D eigenvalue weighted by Crippen LogP contribution is -1.94. The number of halogens is 1.